The molecule has 5 heterocycles. The highest BCUT2D eigenvalue weighted by Gasteiger charge is 2.25. The van der Waals surface area contributed by atoms with Gasteiger partial charge in [-0.05, 0) is 35.4 Å². The predicted octanol–water partition coefficient (Wildman–Crippen LogP) is 5.03. The standard InChI is InChI=1S/C32H36Cl2N8O3S2/c1-47(43,44)42-10-8-39(9-11-42)21-24-17-28-30(46-24)31(40-12-14-45-15-13-40)37-32(36-28)38-35-18-23-20-41(29-5-3-2-4-25(23)29)19-22-6-7-26(33)27(34)16-22/h2-7,16-17,20,35H,8-15,18-19,21H2,1H3,(H,36,37,38). The van der Waals surface area contributed by atoms with Crippen molar-refractivity contribution in [2.45, 2.75) is 19.6 Å². The second-order valence-corrected chi connectivity index (χ2v) is 15.8. The first-order chi connectivity index (χ1) is 22.7. The lowest BCUT2D eigenvalue weighted by molar-refractivity contribution is 0.122. The van der Waals surface area contributed by atoms with Gasteiger partial charge in [0.05, 0.1) is 39.7 Å². The molecule has 0 saturated carbocycles. The van der Waals surface area contributed by atoms with Crippen molar-refractivity contribution in [2.24, 2.45) is 0 Å². The Morgan fingerprint density at radius 1 is 0.936 bits per heavy atom. The summed E-state index contributed by atoms with van der Waals surface area (Å²) in [5.74, 6) is 1.41. The monoisotopic (exact) mass is 714 g/mol. The van der Waals surface area contributed by atoms with Gasteiger partial charge in [-0.1, -0.05) is 47.5 Å². The third-order valence-electron chi connectivity index (χ3n) is 8.58. The van der Waals surface area contributed by atoms with E-state index in [1.165, 1.54) is 11.1 Å². The lowest BCUT2D eigenvalue weighted by Gasteiger charge is -2.32. The van der Waals surface area contributed by atoms with Gasteiger partial charge in [0.15, 0.2) is 5.82 Å². The van der Waals surface area contributed by atoms with Gasteiger partial charge < -0.3 is 14.2 Å². The number of piperazine rings is 1. The van der Waals surface area contributed by atoms with E-state index in [1.54, 1.807) is 15.6 Å². The van der Waals surface area contributed by atoms with E-state index < -0.39 is 10.0 Å². The number of anilines is 2. The summed E-state index contributed by atoms with van der Waals surface area (Å²) in [5, 5.41) is 2.25. The number of benzene rings is 2. The van der Waals surface area contributed by atoms with Crippen molar-refractivity contribution in [3.05, 3.63) is 80.8 Å². The number of rotatable bonds is 10. The molecule has 0 bridgehead atoms. The van der Waals surface area contributed by atoms with Crippen LogP contribution < -0.4 is 15.8 Å². The van der Waals surface area contributed by atoms with Crippen LogP contribution in [-0.4, -0.2) is 90.9 Å². The Hall–Kier alpha value is -3.01. The molecule has 0 radical (unpaired) electrons. The lowest BCUT2D eigenvalue weighted by Crippen LogP contribution is -2.47. The highest BCUT2D eigenvalue weighted by atomic mass is 35.5. The zero-order valence-corrected chi connectivity index (χ0v) is 29.1. The van der Waals surface area contributed by atoms with Crippen LogP contribution in [0.2, 0.25) is 10.0 Å². The van der Waals surface area contributed by atoms with Crippen LogP contribution in [0, 0.1) is 0 Å². The number of nitrogens with one attached hydrogen (secondary N) is 2. The normalized spacial score (nSPS) is 16.8. The largest absolute Gasteiger partial charge is 0.378 e. The lowest BCUT2D eigenvalue weighted by atomic mass is 10.2. The van der Waals surface area contributed by atoms with E-state index in [0.29, 0.717) is 68.5 Å². The fourth-order valence-electron chi connectivity index (χ4n) is 6.17. The summed E-state index contributed by atoms with van der Waals surface area (Å²) in [4.78, 5) is 15.6. The summed E-state index contributed by atoms with van der Waals surface area (Å²) in [7, 11) is -3.16. The van der Waals surface area contributed by atoms with Crippen LogP contribution in [-0.2, 0) is 34.4 Å². The summed E-state index contributed by atoms with van der Waals surface area (Å²) >= 11 is 14.1. The maximum absolute atomic E-state index is 12.0. The van der Waals surface area contributed by atoms with Gasteiger partial charge in [-0.2, -0.15) is 9.29 Å². The molecule has 0 amide bonds. The van der Waals surface area contributed by atoms with Gasteiger partial charge in [-0.3, -0.25) is 10.3 Å². The van der Waals surface area contributed by atoms with Crippen molar-refractivity contribution in [1.29, 1.82) is 0 Å². The van der Waals surface area contributed by atoms with Gasteiger partial charge in [0, 0.05) is 80.9 Å². The van der Waals surface area contributed by atoms with Gasteiger partial charge in [0.2, 0.25) is 16.0 Å². The first-order valence-electron chi connectivity index (χ1n) is 15.5. The Morgan fingerprint density at radius 2 is 1.72 bits per heavy atom. The number of hydrogen-bond acceptors (Lipinski definition) is 10. The van der Waals surface area contributed by atoms with Crippen molar-refractivity contribution < 1.29 is 13.2 Å². The molecule has 2 saturated heterocycles. The van der Waals surface area contributed by atoms with E-state index in [0.717, 1.165) is 57.7 Å². The Balaban J connectivity index is 1.09. The zero-order chi connectivity index (χ0) is 32.5. The maximum atomic E-state index is 12.0. The predicted molar refractivity (Wildman–Crippen MR) is 190 cm³/mol. The molecule has 15 heteroatoms. The average molecular weight is 716 g/mol. The van der Waals surface area contributed by atoms with Crippen LogP contribution in [0.15, 0.2) is 54.7 Å². The average Bonchev–Trinajstić information content (AvgIpc) is 3.63. The number of hydrogen-bond donors (Lipinski definition) is 2. The minimum Gasteiger partial charge on any atom is -0.378 e. The van der Waals surface area contributed by atoms with Gasteiger partial charge in [-0.25, -0.2) is 18.8 Å². The molecule has 248 valence electrons. The van der Waals surface area contributed by atoms with E-state index in [2.05, 4.69) is 49.6 Å². The summed E-state index contributed by atoms with van der Waals surface area (Å²) in [5.41, 5.74) is 10.9. The van der Waals surface area contributed by atoms with Crippen LogP contribution in [0.1, 0.15) is 16.0 Å². The van der Waals surface area contributed by atoms with Crippen LogP contribution in [0.5, 0.6) is 0 Å². The highest BCUT2D eigenvalue weighted by molar-refractivity contribution is 7.88. The molecule has 0 spiro atoms. The zero-order valence-electron chi connectivity index (χ0n) is 26.0. The van der Waals surface area contributed by atoms with Crippen molar-refractivity contribution in [2.75, 3.05) is 69.1 Å². The van der Waals surface area contributed by atoms with Gasteiger partial charge in [-0.15, -0.1) is 11.3 Å². The quantitative estimate of drug-likeness (QED) is 0.193. The third kappa shape index (κ3) is 7.37. The molecular formula is C32H36Cl2N8O3S2. The molecule has 47 heavy (non-hydrogen) atoms. The summed E-state index contributed by atoms with van der Waals surface area (Å²) in [6.45, 7) is 7.22. The third-order valence-corrected chi connectivity index (χ3v) is 11.7. The molecule has 0 atom stereocenters. The number of hydrazine groups is 1. The Bertz CT molecular complexity index is 2000. The minimum absolute atomic E-state index is 0.504. The molecule has 0 unspecified atom stereocenters. The van der Waals surface area contributed by atoms with Crippen LogP contribution >= 0.6 is 34.5 Å². The first kappa shape index (κ1) is 32.5. The fraction of sp³-hybridized carbons (Fsp3) is 0.375. The number of thiophene rings is 1. The number of halogens is 2. The molecule has 3 aromatic heterocycles. The molecule has 7 rings (SSSR count). The van der Waals surface area contributed by atoms with Crippen molar-refractivity contribution in [3.63, 3.8) is 0 Å². The molecule has 2 aliphatic rings. The number of aromatic nitrogens is 3. The van der Waals surface area contributed by atoms with Crippen LogP contribution in [0.25, 0.3) is 21.1 Å². The van der Waals surface area contributed by atoms with Crippen molar-refractivity contribution in [3.8, 4) is 0 Å². The van der Waals surface area contributed by atoms with Crippen molar-refractivity contribution in [1.82, 2.24) is 29.2 Å². The van der Waals surface area contributed by atoms with E-state index >= 15 is 0 Å². The molecular weight excluding hydrogens is 679 g/mol. The van der Waals surface area contributed by atoms with E-state index in [-0.39, 0.29) is 0 Å². The number of para-hydroxylation sites is 1. The summed E-state index contributed by atoms with van der Waals surface area (Å²) < 4.78 is 34.3. The van der Waals surface area contributed by atoms with Crippen LogP contribution in [0.3, 0.4) is 0 Å². The first-order valence-corrected chi connectivity index (χ1v) is 18.9. The Labute approximate surface area is 288 Å². The smallest absolute Gasteiger partial charge is 0.239 e. The fourth-order valence-corrected chi connectivity index (χ4v) is 8.48. The topological polar surface area (TPSA) is 108 Å². The molecule has 0 aliphatic carbocycles. The van der Waals surface area contributed by atoms with E-state index in [4.69, 9.17) is 37.9 Å². The van der Waals surface area contributed by atoms with Gasteiger partial charge in [0.25, 0.3) is 0 Å². The molecule has 2 aliphatic heterocycles. The number of nitrogens with zero attached hydrogens (tertiary/aromatic N) is 6. The number of ether oxygens (including phenoxy) is 1. The number of morpholine rings is 1. The van der Waals surface area contributed by atoms with Gasteiger partial charge in [0.1, 0.15) is 0 Å². The molecule has 2 aromatic carbocycles. The Kier molecular flexibility index (Phi) is 9.58. The molecule has 2 N–H and O–H groups in total. The highest BCUT2D eigenvalue weighted by Crippen LogP contribution is 2.34. The van der Waals surface area contributed by atoms with Gasteiger partial charge >= 0.3 is 0 Å². The summed E-state index contributed by atoms with van der Waals surface area (Å²) in [6.07, 6.45) is 3.44. The molecule has 2 fully saturated rings. The number of fused-ring (bicyclic) bond motifs is 2. The SMILES string of the molecule is CS(=O)(=O)N1CCN(Cc2cc3nc(NNCc4cn(Cc5ccc(Cl)c(Cl)c5)c5ccccc45)nc(N4CCOCC4)c3s2)CC1. The van der Waals surface area contributed by atoms with Crippen LogP contribution in [0.4, 0.5) is 11.8 Å². The minimum atomic E-state index is -3.16. The second kappa shape index (κ2) is 13.8. The number of sulfonamides is 1. The van der Waals surface area contributed by atoms with E-state index in [1.807, 2.05) is 30.3 Å². The molecule has 11 nitrogen and oxygen atoms in total. The van der Waals surface area contributed by atoms with E-state index in [9.17, 15) is 8.42 Å². The summed E-state index contributed by atoms with van der Waals surface area (Å²) in [6, 6.07) is 16.2. The van der Waals surface area contributed by atoms with Crippen molar-refractivity contribution >= 4 is 77.4 Å². The Morgan fingerprint density at radius 3 is 2.49 bits per heavy atom. The second-order valence-electron chi connectivity index (χ2n) is 11.9. The molecule has 5 aromatic rings. The maximum Gasteiger partial charge on any atom is 0.239 e.